The van der Waals surface area contributed by atoms with Gasteiger partial charge in [0.05, 0.1) is 0 Å². The first-order valence-corrected chi connectivity index (χ1v) is 14.2. The molecule has 0 unspecified atom stereocenters. The number of furan rings is 1. The summed E-state index contributed by atoms with van der Waals surface area (Å²) in [6.45, 7) is 5.20. The molecule has 4 aromatic carbocycles. The second kappa shape index (κ2) is 11.5. The molecule has 0 saturated heterocycles. The molecule has 1 atom stereocenters. The van der Waals surface area contributed by atoms with E-state index in [4.69, 9.17) is 9.15 Å². The summed E-state index contributed by atoms with van der Waals surface area (Å²) in [6.07, 6.45) is -0.731. The summed E-state index contributed by atoms with van der Waals surface area (Å²) in [5, 5.41) is 14.1. The Bertz CT molecular complexity index is 1650. The number of hydrogen-bond acceptors (Lipinski definition) is 5. The van der Waals surface area contributed by atoms with Crippen molar-refractivity contribution in [3.05, 3.63) is 96.6 Å². The van der Waals surface area contributed by atoms with Crippen molar-refractivity contribution >= 4 is 45.8 Å². The molecule has 1 heterocycles. The Morgan fingerprint density at radius 3 is 2.15 bits per heavy atom. The first-order valence-electron chi connectivity index (χ1n) is 13.1. The van der Waals surface area contributed by atoms with E-state index in [9.17, 15) is 14.7 Å². The summed E-state index contributed by atoms with van der Waals surface area (Å²) in [5.41, 5.74) is 6.52. The molecule has 0 spiro atoms. The van der Waals surface area contributed by atoms with Crippen molar-refractivity contribution in [1.29, 1.82) is 0 Å². The molecular formula is C33H31NO5S. The molecule has 6 nitrogen and oxygen atoms in total. The van der Waals surface area contributed by atoms with Gasteiger partial charge in [0, 0.05) is 27.8 Å². The molecule has 40 heavy (non-hydrogen) atoms. The predicted octanol–water partition coefficient (Wildman–Crippen LogP) is 8.13. The van der Waals surface area contributed by atoms with Crippen LogP contribution in [-0.4, -0.2) is 34.6 Å². The third kappa shape index (κ3) is 6.32. The monoisotopic (exact) mass is 553 g/mol. The van der Waals surface area contributed by atoms with E-state index in [-0.39, 0.29) is 5.75 Å². The largest absolute Gasteiger partial charge is 0.480 e. The van der Waals surface area contributed by atoms with Crippen molar-refractivity contribution in [2.24, 2.45) is 0 Å². The fourth-order valence-corrected chi connectivity index (χ4v) is 5.54. The van der Waals surface area contributed by atoms with Crippen LogP contribution in [0.15, 0.2) is 95.4 Å². The van der Waals surface area contributed by atoms with E-state index in [1.807, 2.05) is 30.3 Å². The van der Waals surface area contributed by atoms with Crippen LogP contribution in [0.1, 0.15) is 26.3 Å². The molecule has 0 fully saturated rings. The van der Waals surface area contributed by atoms with Crippen LogP contribution in [-0.2, 0) is 15.3 Å². The molecule has 0 radical (unpaired) electrons. The lowest BCUT2D eigenvalue weighted by Gasteiger charge is -2.21. The Hall–Kier alpha value is -4.23. The number of aliphatic carboxylic acids is 1. The lowest BCUT2D eigenvalue weighted by atomic mass is 9.98. The summed E-state index contributed by atoms with van der Waals surface area (Å²) in [4.78, 5) is 23.5. The van der Waals surface area contributed by atoms with Gasteiger partial charge in [-0.3, -0.25) is 0 Å². The number of benzene rings is 4. The van der Waals surface area contributed by atoms with Gasteiger partial charge >= 0.3 is 12.1 Å². The minimum absolute atomic E-state index is 0.232. The van der Waals surface area contributed by atoms with Crippen LogP contribution < -0.4 is 5.32 Å². The molecule has 1 aromatic heterocycles. The molecule has 0 aliphatic heterocycles. The lowest BCUT2D eigenvalue weighted by molar-refractivity contribution is -0.138. The summed E-state index contributed by atoms with van der Waals surface area (Å²) < 4.78 is 11.4. The third-order valence-electron chi connectivity index (χ3n) is 6.43. The highest BCUT2D eigenvalue weighted by atomic mass is 32.2. The Morgan fingerprint density at radius 2 is 1.48 bits per heavy atom. The third-order valence-corrected chi connectivity index (χ3v) is 7.54. The number of carbonyl (C=O) groups excluding carboxylic acids is 1. The van der Waals surface area contributed by atoms with E-state index in [1.54, 1.807) is 20.8 Å². The Kier molecular flexibility index (Phi) is 7.85. The molecule has 0 saturated carbocycles. The fraction of sp³-hybridized carbons (Fsp3) is 0.212. The number of ether oxygens (including phenoxy) is 1. The maximum atomic E-state index is 12.0. The van der Waals surface area contributed by atoms with Gasteiger partial charge in [0.2, 0.25) is 0 Å². The lowest BCUT2D eigenvalue weighted by Crippen LogP contribution is -2.44. The topological polar surface area (TPSA) is 88.8 Å². The smallest absolute Gasteiger partial charge is 0.408 e. The van der Waals surface area contributed by atoms with Gasteiger partial charge < -0.3 is 19.6 Å². The highest BCUT2D eigenvalue weighted by Gasteiger charge is 2.24. The zero-order valence-electron chi connectivity index (χ0n) is 22.6. The summed E-state index contributed by atoms with van der Waals surface area (Å²) in [5.74, 6) is -0.232. The van der Waals surface area contributed by atoms with E-state index >= 15 is 0 Å². The number of alkyl carbamates (subject to hydrolysis) is 1. The highest BCUT2D eigenvalue weighted by Crippen LogP contribution is 2.36. The van der Waals surface area contributed by atoms with E-state index in [0.29, 0.717) is 5.75 Å². The van der Waals surface area contributed by atoms with Crippen molar-refractivity contribution in [3.8, 4) is 22.3 Å². The van der Waals surface area contributed by atoms with Crippen LogP contribution in [0.3, 0.4) is 0 Å². The number of hydrogen-bond donors (Lipinski definition) is 2. The van der Waals surface area contributed by atoms with Crippen molar-refractivity contribution in [3.63, 3.8) is 0 Å². The number of amides is 1. The Labute approximate surface area is 237 Å². The van der Waals surface area contributed by atoms with E-state index in [2.05, 4.69) is 66.0 Å². The second-order valence-corrected chi connectivity index (χ2v) is 11.6. The number of nitrogens with one attached hydrogen (secondary N) is 1. The first kappa shape index (κ1) is 27.3. The summed E-state index contributed by atoms with van der Waals surface area (Å²) >= 11 is 1.45. The van der Waals surface area contributed by atoms with Gasteiger partial charge in [-0.2, -0.15) is 11.8 Å². The Balaban J connectivity index is 1.22. The normalized spacial score (nSPS) is 12.4. The first-order chi connectivity index (χ1) is 19.2. The predicted molar refractivity (Wildman–Crippen MR) is 162 cm³/mol. The van der Waals surface area contributed by atoms with Gasteiger partial charge in [-0.05, 0) is 49.1 Å². The minimum atomic E-state index is -1.09. The quantitative estimate of drug-likeness (QED) is 0.202. The average molecular weight is 554 g/mol. The van der Waals surface area contributed by atoms with Gasteiger partial charge in [0.15, 0.2) is 0 Å². The van der Waals surface area contributed by atoms with Gasteiger partial charge in [-0.1, -0.05) is 84.9 Å². The van der Waals surface area contributed by atoms with Crippen LogP contribution in [0, 0.1) is 0 Å². The van der Waals surface area contributed by atoms with Gasteiger partial charge in [-0.25, -0.2) is 9.59 Å². The number of thioether (sulfide) groups is 1. The maximum absolute atomic E-state index is 12.0. The minimum Gasteiger partial charge on any atom is -0.480 e. The molecule has 2 N–H and O–H groups in total. The highest BCUT2D eigenvalue weighted by molar-refractivity contribution is 7.98. The zero-order valence-corrected chi connectivity index (χ0v) is 23.5. The molecule has 1 amide bonds. The zero-order chi connectivity index (χ0) is 28.3. The second-order valence-electron chi connectivity index (χ2n) is 10.6. The number of para-hydroxylation sites is 2. The van der Waals surface area contributed by atoms with Crippen molar-refractivity contribution < 1.29 is 23.8 Å². The van der Waals surface area contributed by atoms with Crippen LogP contribution in [0.4, 0.5) is 4.79 Å². The Morgan fingerprint density at radius 1 is 0.850 bits per heavy atom. The number of carboxylic acids is 1. The number of rotatable bonds is 8. The van der Waals surface area contributed by atoms with Gasteiger partial charge in [0.25, 0.3) is 0 Å². The van der Waals surface area contributed by atoms with Crippen LogP contribution in [0.25, 0.3) is 44.2 Å². The number of carboxylic acid groups (broad SMARTS) is 1. The van der Waals surface area contributed by atoms with Crippen molar-refractivity contribution in [2.75, 3.05) is 5.75 Å². The number of carbonyl (C=O) groups is 2. The van der Waals surface area contributed by atoms with Gasteiger partial charge in [0.1, 0.15) is 22.8 Å². The summed E-state index contributed by atoms with van der Waals surface area (Å²) in [6, 6.07) is 30.0. The van der Waals surface area contributed by atoms with Crippen molar-refractivity contribution in [1.82, 2.24) is 5.32 Å². The molecule has 0 aliphatic carbocycles. The van der Waals surface area contributed by atoms with Crippen LogP contribution >= 0.6 is 11.8 Å². The van der Waals surface area contributed by atoms with Crippen LogP contribution in [0.2, 0.25) is 0 Å². The molecule has 5 rings (SSSR count). The van der Waals surface area contributed by atoms with E-state index in [1.165, 1.54) is 11.8 Å². The molecule has 0 bridgehead atoms. The standard InChI is InChI=1S/C33H31NO5S/c1-33(2,3)39-32(37)34-28(31(35)36)20-40-19-21-11-13-22(14-12-21)23-15-17-24(18-16-23)25-8-6-9-27-26-7-4-5-10-29(26)38-30(25)27/h4-18,28H,19-20H2,1-3H3,(H,34,37)(H,35,36)/t28-/m0/s1. The van der Waals surface area contributed by atoms with Crippen LogP contribution in [0.5, 0.6) is 0 Å². The van der Waals surface area contributed by atoms with E-state index in [0.717, 1.165) is 49.8 Å². The number of fused-ring (bicyclic) bond motifs is 3. The van der Waals surface area contributed by atoms with Gasteiger partial charge in [-0.15, -0.1) is 0 Å². The maximum Gasteiger partial charge on any atom is 0.408 e. The average Bonchev–Trinajstić information content (AvgIpc) is 3.31. The summed E-state index contributed by atoms with van der Waals surface area (Å²) in [7, 11) is 0. The molecular weight excluding hydrogens is 522 g/mol. The van der Waals surface area contributed by atoms with E-state index < -0.39 is 23.7 Å². The molecule has 5 aromatic rings. The molecule has 204 valence electrons. The molecule has 0 aliphatic rings. The SMILES string of the molecule is CC(C)(C)OC(=O)N[C@@H](CSCc1ccc(-c2ccc(-c3cccc4c3oc3ccccc34)cc2)cc1)C(=O)O. The molecule has 7 heteroatoms. The fourth-order valence-electron chi connectivity index (χ4n) is 4.53. The van der Waals surface area contributed by atoms with Crippen molar-refractivity contribution in [2.45, 2.75) is 38.2 Å².